The quantitative estimate of drug-likeness (QED) is 0.767. The van der Waals surface area contributed by atoms with Gasteiger partial charge in [0.15, 0.2) is 0 Å². The van der Waals surface area contributed by atoms with Crippen LogP contribution in [0.4, 0.5) is 10.5 Å². The van der Waals surface area contributed by atoms with Gasteiger partial charge in [0.05, 0.1) is 10.0 Å². The number of amides is 2. The number of nitrogens with one attached hydrogen (secondary N) is 2. The molecule has 0 aliphatic carbocycles. The Labute approximate surface area is 137 Å². The molecule has 21 heavy (non-hydrogen) atoms. The lowest BCUT2D eigenvalue weighted by Crippen LogP contribution is -2.23. The van der Waals surface area contributed by atoms with E-state index >= 15 is 0 Å². The lowest BCUT2D eigenvalue weighted by molar-refractivity contribution is 0.255. The van der Waals surface area contributed by atoms with Crippen LogP contribution in [0.15, 0.2) is 48.7 Å². The Kier molecular flexibility index (Phi) is 5.51. The van der Waals surface area contributed by atoms with Gasteiger partial charge >= 0.3 is 6.03 Å². The highest BCUT2D eigenvalue weighted by Crippen LogP contribution is 2.22. The molecule has 0 saturated carbocycles. The van der Waals surface area contributed by atoms with Gasteiger partial charge in [-0.3, -0.25) is 0 Å². The highest BCUT2D eigenvalue weighted by atomic mass is 35.5. The second-order valence-electron chi connectivity index (χ2n) is 4.11. The van der Waals surface area contributed by atoms with Gasteiger partial charge in [-0.2, -0.15) is 0 Å². The molecule has 2 aromatic rings. The van der Waals surface area contributed by atoms with Crippen LogP contribution in [0, 0.1) is 0 Å². The molecule has 2 aromatic carbocycles. The molecule has 0 bridgehead atoms. The fourth-order valence-electron chi connectivity index (χ4n) is 1.53. The minimum Gasteiger partial charge on any atom is -0.314 e. The van der Waals surface area contributed by atoms with Crippen molar-refractivity contribution in [2.75, 3.05) is 5.32 Å². The van der Waals surface area contributed by atoms with Gasteiger partial charge < -0.3 is 10.6 Å². The van der Waals surface area contributed by atoms with E-state index in [9.17, 15) is 4.79 Å². The summed E-state index contributed by atoms with van der Waals surface area (Å²) in [6.45, 7) is 0. The van der Waals surface area contributed by atoms with Crippen molar-refractivity contribution in [3.63, 3.8) is 0 Å². The number of anilines is 1. The van der Waals surface area contributed by atoms with Crippen molar-refractivity contribution in [1.29, 1.82) is 0 Å². The second kappa shape index (κ2) is 7.36. The Morgan fingerprint density at radius 2 is 1.67 bits per heavy atom. The van der Waals surface area contributed by atoms with Crippen molar-refractivity contribution in [1.82, 2.24) is 5.32 Å². The first kappa shape index (κ1) is 15.7. The second-order valence-corrected chi connectivity index (χ2v) is 5.36. The Hall–Kier alpha value is -1.68. The van der Waals surface area contributed by atoms with Crippen LogP contribution < -0.4 is 10.6 Å². The van der Waals surface area contributed by atoms with Crippen LogP contribution in [0.3, 0.4) is 0 Å². The van der Waals surface area contributed by atoms with Crippen molar-refractivity contribution in [3.8, 4) is 0 Å². The summed E-state index contributed by atoms with van der Waals surface area (Å²) in [5.41, 5.74) is 1.48. The average Bonchev–Trinajstić information content (AvgIpc) is 2.45. The summed E-state index contributed by atoms with van der Waals surface area (Å²) in [7, 11) is 0. The zero-order valence-electron chi connectivity index (χ0n) is 10.7. The maximum atomic E-state index is 11.7. The lowest BCUT2D eigenvalue weighted by Gasteiger charge is -2.04. The molecule has 0 heterocycles. The first-order chi connectivity index (χ1) is 10.0. The van der Waals surface area contributed by atoms with E-state index in [1.807, 2.05) is 0 Å². The van der Waals surface area contributed by atoms with Gasteiger partial charge in [0.1, 0.15) is 0 Å². The van der Waals surface area contributed by atoms with Crippen LogP contribution in [-0.2, 0) is 0 Å². The Bertz CT molecular complexity index is 669. The summed E-state index contributed by atoms with van der Waals surface area (Å²) < 4.78 is 0. The number of benzene rings is 2. The van der Waals surface area contributed by atoms with E-state index < -0.39 is 0 Å². The molecule has 0 atom stereocenters. The van der Waals surface area contributed by atoms with Crippen LogP contribution in [0.25, 0.3) is 6.08 Å². The van der Waals surface area contributed by atoms with Gasteiger partial charge in [-0.1, -0.05) is 40.9 Å². The maximum Gasteiger partial charge on any atom is 0.323 e. The third kappa shape index (κ3) is 4.97. The number of urea groups is 1. The number of halogens is 3. The summed E-state index contributed by atoms with van der Waals surface area (Å²) in [5, 5.41) is 6.82. The standard InChI is InChI=1S/C15H11Cl3N2O/c16-11-2-4-12(5-3-11)20-15(21)19-8-7-10-1-6-13(17)14(18)9-10/h1-9H,(H2,19,20,21)/b8-7+. The van der Waals surface area contributed by atoms with Crippen LogP contribution in [0.5, 0.6) is 0 Å². The van der Waals surface area contributed by atoms with Gasteiger partial charge in [0.2, 0.25) is 0 Å². The molecule has 0 fully saturated rings. The molecular weight excluding hydrogens is 331 g/mol. The Morgan fingerprint density at radius 3 is 2.33 bits per heavy atom. The minimum atomic E-state index is -0.353. The molecule has 0 saturated heterocycles. The molecule has 2 N–H and O–H groups in total. The number of hydrogen-bond donors (Lipinski definition) is 2. The van der Waals surface area contributed by atoms with E-state index in [1.165, 1.54) is 6.20 Å². The van der Waals surface area contributed by atoms with Gasteiger partial charge in [-0.15, -0.1) is 0 Å². The van der Waals surface area contributed by atoms with Gasteiger partial charge in [-0.25, -0.2) is 4.79 Å². The van der Waals surface area contributed by atoms with Crippen LogP contribution in [-0.4, -0.2) is 6.03 Å². The monoisotopic (exact) mass is 340 g/mol. The lowest BCUT2D eigenvalue weighted by atomic mass is 10.2. The van der Waals surface area contributed by atoms with Crippen molar-refractivity contribution in [2.45, 2.75) is 0 Å². The van der Waals surface area contributed by atoms with Crippen LogP contribution in [0.2, 0.25) is 15.1 Å². The summed E-state index contributed by atoms with van der Waals surface area (Å²) in [6, 6.07) is 11.7. The molecule has 0 aromatic heterocycles. The fourth-order valence-corrected chi connectivity index (χ4v) is 1.96. The first-order valence-corrected chi connectivity index (χ1v) is 7.13. The van der Waals surface area contributed by atoms with Crippen LogP contribution in [0.1, 0.15) is 5.56 Å². The first-order valence-electron chi connectivity index (χ1n) is 5.99. The average molecular weight is 342 g/mol. The van der Waals surface area contributed by atoms with Crippen molar-refractivity contribution in [2.24, 2.45) is 0 Å². The normalized spacial score (nSPS) is 10.6. The SMILES string of the molecule is O=C(N/C=C/c1ccc(Cl)c(Cl)c1)Nc1ccc(Cl)cc1. The van der Waals surface area contributed by atoms with E-state index in [-0.39, 0.29) is 6.03 Å². The predicted molar refractivity (Wildman–Crippen MR) is 89.1 cm³/mol. The third-order valence-corrected chi connectivity index (χ3v) is 3.53. The molecule has 108 valence electrons. The Morgan fingerprint density at radius 1 is 0.952 bits per heavy atom. The summed E-state index contributed by atoms with van der Waals surface area (Å²) in [5.74, 6) is 0. The number of carbonyl (C=O) groups is 1. The van der Waals surface area contributed by atoms with Crippen LogP contribution >= 0.6 is 34.8 Å². The van der Waals surface area contributed by atoms with Crippen molar-refractivity contribution in [3.05, 3.63) is 69.3 Å². The molecule has 0 radical (unpaired) electrons. The van der Waals surface area contributed by atoms with E-state index in [0.717, 1.165) is 5.56 Å². The molecule has 0 aliphatic rings. The summed E-state index contributed by atoms with van der Waals surface area (Å²) in [6.07, 6.45) is 3.23. The number of rotatable bonds is 3. The summed E-state index contributed by atoms with van der Waals surface area (Å²) >= 11 is 17.5. The summed E-state index contributed by atoms with van der Waals surface area (Å²) in [4.78, 5) is 11.7. The largest absolute Gasteiger partial charge is 0.323 e. The number of hydrogen-bond acceptors (Lipinski definition) is 1. The molecule has 0 aliphatic heterocycles. The molecule has 6 heteroatoms. The number of carbonyl (C=O) groups excluding carboxylic acids is 1. The maximum absolute atomic E-state index is 11.7. The van der Waals surface area contributed by atoms with E-state index in [2.05, 4.69) is 10.6 Å². The molecule has 0 spiro atoms. The molecule has 3 nitrogen and oxygen atoms in total. The van der Waals surface area contributed by atoms with Gasteiger partial charge in [0.25, 0.3) is 0 Å². The smallest absolute Gasteiger partial charge is 0.314 e. The molecule has 2 amide bonds. The van der Waals surface area contributed by atoms with E-state index in [1.54, 1.807) is 48.5 Å². The van der Waals surface area contributed by atoms with E-state index in [4.69, 9.17) is 34.8 Å². The highest BCUT2D eigenvalue weighted by molar-refractivity contribution is 6.42. The van der Waals surface area contributed by atoms with Crippen molar-refractivity contribution < 1.29 is 4.79 Å². The van der Waals surface area contributed by atoms with E-state index in [0.29, 0.717) is 20.8 Å². The zero-order chi connectivity index (χ0) is 15.2. The zero-order valence-corrected chi connectivity index (χ0v) is 13.0. The van der Waals surface area contributed by atoms with Gasteiger partial charge in [-0.05, 0) is 48.0 Å². The van der Waals surface area contributed by atoms with Crippen molar-refractivity contribution >= 4 is 52.6 Å². The Balaban J connectivity index is 1.89. The molecule has 0 unspecified atom stereocenters. The minimum absolute atomic E-state index is 0.353. The fraction of sp³-hybridized carbons (Fsp3) is 0. The molecular formula is C15H11Cl3N2O. The third-order valence-electron chi connectivity index (χ3n) is 2.54. The topological polar surface area (TPSA) is 41.1 Å². The molecule has 2 rings (SSSR count). The predicted octanol–water partition coefficient (Wildman–Crippen LogP) is 5.44. The van der Waals surface area contributed by atoms with Gasteiger partial charge in [0, 0.05) is 16.9 Å². The highest BCUT2D eigenvalue weighted by Gasteiger charge is 1.99.